The molecule has 1 N–H and O–H groups in total. The molecule has 9 heteroatoms. The molecular weight excluding hydrogens is 360 g/mol. The molecule has 2 saturated heterocycles. The Morgan fingerprint density at radius 3 is 2.52 bits per heavy atom. The molecule has 1 aromatic heterocycles. The molecule has 128 valence electrons. The molecule has 2 fully saturated rings. The molecule has 23 heavy (non-hydrogen) atoms. The molecule has 2 atom stereocenters. The summed E-state index contributed by atoms with van der Waals surface area (Å²) >= 11 is 7.48. The molecular formula is C14H19ClN2O4S2. The Kier molecular flexibility index (Phi) is 4.98. The zero-order valence-corrected chi connectivity index (χ0v) is 14.9. The SMILES string of the molecule is O=C(O)CCN1CCN(Cc2ccc(Cl)s2)[C@@H]2CS(=O)(=O)C[C@@H]21. The van der Waals surface area contributed by atoms with Crippen LogP contribution in [0.5, 0.6) is 0 Å². The van der Waals surface area contributed by atoms with Crippen molar-refractivity contribution in [3.05, 3.63) is 21.3 Å². The first kappa shape index (κ1) is 17.2. The standard InChI is InChI=1S/C14H19ClN2O4S2/c15-13-2-1-10(22-13)7-17-6-5-16(4-3-14(18)19)11-8-23(20,21)9-12(11)17/h1-2,11-12H,3-9H2,(H,18,19)/t11-,12+/m0/s1. The number of hydrogen-bond donors (Lipinski definition) is 1. The zero-order chi connectivity index (χ0) is 16.6. The van der Waals surface area contributed by atoms with Crippen molar-refractivity contribution < 1.29 is 18.3 Å². The predicted molar refractivity (Wildman–Crippen MR) is 89.8 cm³/mol. The van der Waals surface area contributed by atoms with Crippen molar-refractivity contribution in [1.29, 1.82) is 0 Å². The number of piperazine rings is 1. The van der Waals surface area contributed by atoms with Crippen molar-refractivity contribution in [3.63, 3.8) is 0 Å². The van der Waals surface area contributed by atoms with Crippen LogP contribution in [0.3, 0.4) is 0 Å². The highest BCUT2D eigenvalue weighted by Gasteiger charge is 2.46. The topological polar surface area (TPSA) is 77.9 Å². The maximum absolute atomic E-state index is 12.1. The summed E-state index contributed by atoms with van der Waals surface area (Å²) in [5, 5.41) is 8.87. The Morgan fingerprint density at radius 2 is 1.91 bits per heavy atom. The minimum atomic E-state index is -3.07. The lowest BCUT2D eigenvalue weighted by Gasteiger charge is -2.43. The van der Waals surface area contributed by atoms with E-state index in [0.29, 0.717) is 19.6 Å². The normalized spacial score (nSPS) is 27.9. The maximum atomic E-state index is 12.1. The molecule has 0 saturated carbocycles. The largest absolute Gasteiger partial charge is 0.481 e. The van der Waals surface area contributed by atoms with Crippen molar-refractivity contribution in [2.24, 2.45) is 0 Å². The lowest BCUT2D eigenvalue weighted by atomic mass is 10.0. The quantitative estimate of drug-likeness (QED) is 0.828. The Hall–Kier alpha value is -0.670. The van der Waals surface area contributed by atoms with Gasteiger partial charge in [0.1, 0.15) is 0 Å². The first-order valence-electron chi connectivity index (χ1n) is 7.48. The van der Waals surface area contributed by atoms with E-state index in [1.807, 2.05) is 17.0 Å². The number of sulfone groups is 1. The fourth-order valence-corrected chi connectivity index (χ4v) is 6.60. The zero-order valence-electron chi connectivity index (χ0n) is 12.5. The fraction of sp³-hybridized carbons (Fsp3) is 0.643. The van der Waals surface area contributed by atoms with Gasteiger partial charge in [0, 0.05) is 43.1 Å². The summed E-state index contributed by atoms with van der Waals surface area (Å²) in [5.74, 6) is -0.572. The Balaban J connectivity index is 1.74. The second kappa shape index (κ2) is 6.68. The average Bonchev–Trinajstić information content (AvgIpc) is 3.00. The average molecular weight is 379 g/mol. The molecule has 3 rings (SSSR count). The first-order chi connectivity index (χ1) is 10.8. The van der Waals surface area contributed by atoms with Crippen molar-refractivity contribution in [3.8, 4) is 0 Å². The van der Waals surface area contributed by atoms with E-state index < -0.39 is 15.8 Å². The van der Waals surface area contributed by atoms with E-state index in [1.54, 1.807) is 0 Å². The number of rotatable bonds is 5. The van der Waals surface area contributed by atoms with E-state index in [4.69, 9.17) is 16.7 Å². The van der Waals surface area contributed by atoms with Crippen LogP contribution in [0.4, 0.5) is 0 Å². The number of thiophene rings is 1. The van der Waals surface area contributed by atoms with Gasteiger partial charge < -0.3 is 5.11 Å². The van der Waals surface area contributed by atoms with Crippen LogP contribution >= 0.6 is 22.9 Å². The van der Waals surface area contributed by atoms with Gasteiger partial charge in [0.05, 0.1) is 22.3 Å². The van der Waals surface area contributed by atoms with Gasteiger partial charge in [-0.2, -0.15) is 0 Å². The van der Waals surface area contributed by atoms with Gasteiger partial charge in [-0.3, -0.25) is 14.6 Å². The molecule has 3 heterocycles. The van der Waals surface area contributed by atoms with Crippen LogP contribution in [0.2, 0.25) is 4.34 Å². The minimum Gasteiger partial charge on any atom is -0.481 e. The molecule has 0 amide bonds. The van der Waals surface area contributed by atoms with E-state index in [-0.39, 0.29) is 30.0 Å². The molecule has 0 bridgehead atoms. The van der Waals surface area contributed by atoms with Crippen molar-refractivity contribution in [2.75, 3.05) is 31.1 Å². The highest BCUT2D eigenvalue weighted by atomic mass is 35.5. The molecule has 6 nitrogen and oxygen atoms in total. The van der Waals surface area contributed by atoms with Crippen LogP contribution < -0.4 is 0 Å². The van der Waals surface area contributed by atoms with E-state index >= 15 is 0 Å². The lowest BCUT2D eigenvalue weighted by molar-refractivity contribution is -0.137. The third-order valence-electron chi connectivity index (χ3n) is 4.51. The number of halogens is 1. The van der Waals surface area contributed by atoms with Gasteiger partial charge in [0.25, 0.3) is 0 Å². The highest BCUT2D eigenvalue weighted by molar-refractivity contribution is 7.91. The van der Waals surface area contributed by atoms with E-state index in [2.05, 4.69) is 4.90 Å². The lowest BCUT2D eigenvalue weighted by Crippen LogP contribution is -2.58. The molecule has 0 radical (unpaired) electrons. The number of carbonyl (C=O) groups is 1. The summed E-state index contributed by atoms with van der Waals surface area (Å²) in [5.41, 5.74) is 0. The Morgan fingerprint density at radius 1 is 1.26 bits per heavy atom. The molecule has 1 aromatic rings. The van der Waals surface area contributed by atoms with E-state index in [1.165, 1.54) is 11.3 Å². The summed E-state index contributed by atoms with van der Waals surface area (Å²) in [4.78, 5) is 16.2. The summed E-state index contributed by atoms with van der Waals surface area (Å²) in [7, 11) is -3.07. The van der Waals surface area contributed by atoms with Gasteiger partial charge in [-0.15, -0.1) is 11.3 Å². The number of carboxylic acids is 1. The van der Waals surface area contributed by atoms with Gasteiger partial charge in [0.2, 0.25) is 0 Å². The van der Waals surface area contributed by atoms with Gasteiger partial charge >= 0.3 is 5.97 Å². The van der Waals surface area contributed by atoms with Crippen molar-refractivity contribution in [1.82, 2.24) is 9.80 Å². The van der Waals surface area contributed by atoms with Crippen LogP contribution in [0.1, 0.15) is 11.3 Å². The maximum Gasteiger partial charge on any atom is 0.304 e. The number of hydrogen-bond acceptors (Lipinski definition) is 6. The molecule has 0 spiro atoms. The van der Waals surface area contributed by atoms with Crippen molar-refractivity contribution >= 4 is 38.7 Å². The number of nitrogens with zero attached hydrogens (tertiary/aromatic N) is 2. The monoisotopic (exact) mass is 378 g/mol. The molecule has 0 aliphatic carbocycles. The third-order valence-corrected chi connectivity index (χ3v) is 7.42. The summed E-state index contributed by atoms with van der Waals surface area (Å²) in [6, 6.07) is 3.66. The van der Waals surface area contributed by atoms with E-state index in [0.717, 1.165) is 15.8 Å². The van der Waals surface area contributed by atoms with Crippen LogP contribution in [-0.4, -0.2) is 72.5 Å². The molecule has 2 aliphatic heterocycles. The Labute approximate surface area is 144 Å². The van der Waals surface area contributed by atoms with Crippen LogP contribution in [0.15, 0.2) is 12.1 Å². The Bertz CT molecular complexity index is 691. The summed E-state index contributed by atoms with van der Waals surface area (Å²) in [6.45, 7) is 2.54. The summed E-state index contributed by atoms with van der Waals surface area (Å²) in [6.07, 6.45) is 0.0454. The number of aliphatic carboxylic acids is 1. The van der Waals surface area contributed by atoms with Gasteiger partial charge in [0.15, 0.2) is 9.84 Å². The molecule has 0 unspecified atom stereocenters. The van der Waals surface area contributed by atoms with Gasteiger partial charge in [-0.1, -0.05) is 11.6 Å². The minimum absolute atomic E-state index is 0.0454. The molecule has 0 aromatic carbocycles. The third kappa shape index (κ3) is 4.06. The second-order valence-electron chi connectivity index (χ2n) is 6.07. The second-order valence-corrected chi connectivity index (χ2v) is 10.0. The fourth-order valence-electron chi connectivity index (χ4n) is 3.45. The number of fused-ring (bicyclic) bond motifs is 1. The first-order valence-corrected chi connectivity index (χ1v) is 10.5. The van der Waals surface area contributed by atoms with E-state index in [9.17, 15) is 13.2 Å². The predicted octanol–water partition coefficient (Wildman–Crippen LogP) is 1.16. The van der Waals surface area contributed by atoms with Crippen LogP contribution in [-0.2, 0) is 21.2 Å². The van der Waals surface area contributed by atoms with Crippen LogP contribution in [0.25, 0.3) is 0 Å². The van der Waals surface area contributed by atoms with Gasteiger partial charge in [-0.05, 0) is 12.1 Å². The van der Waals surface area contributed by atoms with Crippen molar-refractivity contribution in [2.45, 2.75) is 25.0 Å². The summed E-state index contributed by atoms with van der Waals surface area (Å²) < 4.78 is 24.9. The number of carboxylic acid groups (broad SMARTS) is 1. The van der Waals surface area contributed by atoms with Crippen LogP contribution in [0, 0.1) is 0 Å². The highest BCUT2D eigenvalue weighted by Crippen LogP contribution is 2.30. The smallest absolute Gasteiger partial charge is 0.304 e. The molecule has 2 aliphatic rings. The van der Waals surface area contributed by atoms with Gasteiger partial charge in [-0.25, -0.2) is 8.42 Å².